The number of aryl methyl sites for hydroxylation is 2. The van der Waals surface area contributed by atoms with Crippen LogP contribution in [0.5, 0.6) is 0 Å². The molecule has 5 nitrogen and oxygen atoms in total. The van der Waals surface area contributed by atoms with Crippen molar-refractivity contribution in [3.63, 3.8) is 0 Å². The highest BCUT2D eigenvalue weighted by Crippen LogP contribution is 2.16. The molecule has 1 aliphatic heterocycles. The van der Waals surface area contributed by atoms with Crippen LogP contribution in [0.15, 0.2) is 21.9 Å². The summed E-state index contributed by atoms with van der Waals surface area (Å²) < 4.78 is 0. The van der Waals surface area contributed by atoms with Gasteiger partial charge >= 0.3 is 0 Å². The first-order valence-electron chi connectivity index (χ1n) is 6.55. The summed E-state index contributed by atoms with van der Waals surface area (Å²) in [6.45, 7) is 5.76. The number of aliphatic imine (C=N–C) groups is 1. The summed E-state index contributed by atoms with van der Waals surface area (Å²) in [6, 6.07) is 3.98. The molecule has 3 rings (SSSR count). The molecule has 0 bridgehead atoms. The van der Waals surface area contributed by atoms with Crippen LogP contribution in [0.4, 0.5) is 0 Å². The van der Waals surface area contributed by atoms with Gasteiger partial charge in [0.2, 0.25) is 0 Å². The second-order valence-corrected chi connectivity index (χ2v) is 5.83. The van der Waals surface area contributed by atoms with Crippen molar-refractivity contribution in [1.29, 1.82) is 0 Å². The van der Waals surface area contributed by atoms with Crippen molar-refractivity contribution < 1.29 is 0 Å². The fourth-order valence-corrected chi connectivity index (χ4v) is 2.95. The van der Waals surface area contributed by atoms with Crippen LogP contribution < -0.4 is 10.9 Å². The number of amidine groups is 1. The standard InChI is InChI=1S/C14H16N4OS/c1-8-5-10-11(6-9(8)2)18-13(19)12(17-10)7-20-14-15-3-4-16-14/h5-6H,3-4,7H2,1-2H3,(H,15,16)(H,18,19). The minimum atomic E-state index is -0.119. The molecule has 0 aliphatic carbocycles. The number of hydrogen-bond donors (Lipinski definition) is 2. The van der Waals surface area contributed by atoms with E-state index in [4.69, 9.17) is 0 Å². The van der Waals surface area contributed by atoms with Gasteiger partial charge in [-0.05, 0) is 37.1 Å². The SMILES string of the molecule is Cc1cc2nc(CSC3=NCCN3)c(=O)[nH]c2cc1C. The molecule has 0 saturated heterocycles. The molecule has 6 heteroatoms. The first-order valence-corrected chi connectivity index (χ1v) is 7.53. The Morgan fingerprint density at radius 1 is 1.30 bits per heavy atom. The number of nitrogens with zero attached hydrogens (tertiary/aromatic N) is 2. The van der Waals surface area contributed by atoms with E-state index in [1.54, 1.807) is 0 Å². The lowest BCUT2D eigenvalue weighted by atomic mass is 10.1. The number of benzene rings is 1. The zero-order valence-electron chi connectivity index (χ0n) is 11.5. The number of aromatic nitrogens is 2. The molecule has 0 amide bonds. The Morgan fingerprint density at radius 3 is 2.85 bits per heavy atom. The number of fused-ring (bicyclic) bond motifs is 1. The van der Waals surface area contributed by atoms with E-state index >= 15 is 0 Å². The number of thioether (sulfide) groups is 1. The molecule has 2 heterocycles. The summed E-state index contributed by atoms with van der Waals surface area (Å²) in [4.78, 5) is 23.7. The van der Waals surface area contributed by atoms with Crippen molar-refractivity contribution in [1.82, 2.24) is 15.3 Å². The Bertz CT molecular complexity index is 751. The van der Waals surface area contributed by atoms with Gasteiger partial charge in [0.05, 0.1) is 17.6 Å². The van der Waals surface area contributed by atoms with Gasteiger partial charge in [0.1, 0.15) is 5.69 Å². The van der Waals surface area contributed by atoms with Crippen LogP contribution >= 0.6 is 11.8 Å². The normalized spacial score (nSPS) is 14.4. The highest BCUT2D eigenvalue weighted by molar-refractivity contribution is 8.13. The van der Waals surface area contributed by atoms with E-state index in [9.17, 15) is 4.79 Å². The van der Waals surface area contributed by atoms with Crippen molar-refractivity contribution in [2.75, 3.05) is 13.1 Å². The molecular weight excluding hydrogens is 272 g/mol. The van der Waals surface area contributed by atoms with Gasteiger partial charge in [-0.15, -0.1) is 0 Å². The van der Waals surface area contributed by atoms with Gasteiger partial charge in [0, 0.05) is 12.3 Å². The average Bonchev–Trinajstić information content (AvgIpc) is 2.92. The smallest absolute Gasteiger partial charge is 0.271 e. The Labute approximate surface area is 120 Å². The molecule has 0 saturated carbocycles. The van der Waals surface area contributed by atoms with E-state index in [2.05, 4.69) is 20.3 Å². The second-order valence-electron chi connectivity index (χ2n) is 4.87. The van der Waals surface area contributed by atoms with Gasteiger partial charge in [0.25, 0.3) is 5.56 Å². The Hall–Kier alpha value is -1.82. The van der Waals surface area contributed by atoms with Crippen LogP contribution in [0.3, 0.4) is 0 Å². The first-order chi connectivity index (χ1) is 9.63. The fourth-order valence-electron chi connectivity index (χ4n) is 2.09. The highest BCUT2D eigenvalue weighted by atomic mass is 32.2. The Kier molecular flexibility index (Phi) is 3.48. The average molecular weight is 288 g/mol. The predicted octanol–water partition coefficient (Wildman–Crippen LogP) is 1.73. The molecule has 0 radical (unpaired) electrons. The van der Waals surface area contributed by atoms with Gasteiger partial charge < -0.3 is 10.3 Å². The van der Waals surface area contributed by atoms with E-state index < -0.39 is 0 Å². The molecule has 2 N–H and O–H groups in total. The van der Waals surface area contributed by atoms with Gasteiger partial charge in [-0.25, -0.2) is 4.98 Å². The number of hydrogen-bond acceptors (Lipinski definition) is 5. The van der Waals surface area contributed by atoms with Crippen molar-refractivity contribution in [2.45, 2.75) is 19.6 Å². The number of rotatable bonds is 2. The van der Waals surface area contributed by atoms with E-state index in [1.165, 1.54) is 17.3 Å². The number of H-pyrrole nitrogens is 1. The lowest BCUT2D eigenvalue weighted by molar-refractivity contribution is 0.963. The molecule has 0 atom stereocenters. The largest absolute Gasteiger partial charge is 0.363 e. The van der Waals surface area contributed by atoms with Crippen LogP contribution in [-0.4, -0.2) is 28.2 Å². The Balaban J connectivity index is 1.92. The quantitative estimate of drug-likeness (QED) is 0.883. The van der Waals surface area contributed by atoms with Crippen LogP contribution in [0.25, 0.3) is 11.0 Å². The number of nitrogens with one attached hydrogen (secondary N) is 2. The molecule has 0 spiro atoms. The molecule has 1 aliphatic rings. The summed E-state index contributed by atoms with van der Waals surface area (Å²) in [5.41, 5.74) is 4.39. The molecule has 1 aromatic carbocycles. The first kappa shape index (κ1) is 13.2. The second kappa shape index (κ2) is 5.28. The van der Waals surface area contributed by atoms with Crippen molar-refractivity contribution in [3.05, 3.63) is 39.3 Å². The van der Waals surface area contributed by atoms with E-state index in [-0.39, 0.29) is 5.56 Å². The van der Waals surface area contributed by atoms with Gasteiger partial charge in [-0.2, -0.15) is 0 Å². The zero-order valence-corrected chi connectivity index (χ0v) is 12.3. The molecule has 104 valence electrons. The molecular formula is C14H16N4OS. The van der Waals surface area contributed by atoms with Crippen molar-refractivity contribution in [2.24, 2.45) is 4.99 Å². The van der Waals surface area contributed by atoms with Gasteiger partial charge in [0.15, 0.2) is 5.17 Å². The maximum Gasteiger partial charge on any atom is 0.271 e. The van der Waals surface area contributed by atoms with Crippen molar-refractivity contribution in [3.8, 4) is 0 Å². The summed E-state index contributed by atoms with van der Waals surface area (Å²) in [5.74, 6) is 0.532. The molecule has 0 unspecified atom stereocenters. The zero-order chi connectivity index (χ0) is 14.1. The van der Waals surface area contributed by atoms with Gasteiger partial charge in [-0.1, -0.05) is 11.8 Å². The maximum atomic E-state index is 12.0. The minimum absolute atomic E-state index is 0.119. The van der Waals surface area contributed by atoms with Crippen LogP contribution in [-0.2, 0) is 5.75 Å². The van der Waals surface area contributed by atoms with E-state index in [1.807, 2.05) is 26.0 Å². The molecule has 1 aromatic heterocycles. The summed E-state index contributed by atoms with van der Waals surface area (Å²) in [6.07, 6.45) is 0. The third-order valence-corrected chi connectivity index (χ3v) is 4.33. The fraction of sp³-hybridized carbons (Fsp3) is 0.357. The predicted molar refractivity (Wildman–Crippen MR) is 83.4 cm³/mol. The van der Waals surface area contributed by atoms with Crippen LogP contribution in [0, 0.1) is 13.8 Å². The Morgan fingerprint density at radius 2 is 2.10 bits per heavy atom. The van der Waals surface area contributed by atoms with Crippen LogP contribution in [0.2, 0.25) is 0 Å². The summed E-state index contributed by atoms with van der Waals surface area (Å²) in [5, 5.41) is 4.07. The monoisotopic (exact) mass is 288 g/mol. The lowest BCUT2D eigenvalue weighted by Crippen LogP contribution is -2.18. The minimum Gasteiger partial charge on any atom is -0.363 e. The lowest BCUT2D eigenvalue weighted by Gasteiger charge is -2.06. The van der Waals surface area contributed by atoms with E-state index in [0.29, 0.717) is 11.4 Å². The molecule has 20 heavy (non-hydrogen) atoms. The highest BCUT2D eigenvalue weighted by Gasteiger charge is 2.10. The van der Waals surface area contributed by atoms with Crippen LogP contribution in [0.1, 0.15) is 16.8 Å². The molecule has 0 fully saturated rings. The third-order valence-electron chi connectivity index (χ3n) is 3.37. The topological polar surface area (TPSA) is 70.1 Å². The summed E-state index contributed by atoms with van der Waals surface area (Å²) >= 11 is 1.52. The summed E-state index contributed by atoms with van der Waals surface area (Å²) in [7, 11) is 0. The van der Waals surface area contributed by atoms with Gasteiger partial charge in [-0.3, -0.25) is 9.79 Å². The molecule has 2 aromatic rings. The van der Waals surface area contributed by atoms with Crippen molar-refractivity contribution >= 4 is 28.0 Å². The van der Waals surface area contributed by atoms with E-state index in [0.717, 1.165) is 34.9 Å². The third kappa shape index (κ3) is 2.56. The number of aromatic amines is 1. The maximum absolute atomic E-state index is 12.0.